The molecule has 0 atom stereocenters. The highest BCUT2D eigenvalue weighted by molar-refractivity contribution is 5.63. The van der Waals surface area contributed by atoms with Crippen LogP contribution in [0.5, 0.6) is 0 Å². The number of nitrogen functional groups attached to an aromatic ring is 1. The van der Waals surface area contributed by atoms with Gasteiger partial charge in [0, 0.05) is 29.8 Å². The second-order valence-corrected chi connectivity index (χ2v) is 4.23. The van der Waals surface area contributed by atoms with Gasteiger partial charge in [-0.15, -0.1) is 0 Å². The zero-order chi connectivity index (χ0) is 14.9. The van der Waals surface area contributed by atoms with Crippen LogP contribution in [0.4, 0.5) is 30.5 Å². The van der Waals surface area contributed by atoms with Crippen molar-refractivity contribution >= 4 is 17.3 Å². The van der Waals surface area contributed by atoms with E-state index < -0.39 is 17.5 Å². The Kier molecular flexibility index (Phi) is 3.78. The normalized spacial score (nSPS) is 10.7. The van der Waals surface area contributed by atoms with E-state index in [0.717, 1.165) is 12.1 Å². The van der Waals surface area contributed by atoms with Crippen LogP contribution < -0.4 is 11.1 Å². The Balaban J connectivity index is 2.42. The minimum atomic E-state index is -1.51. The van der Waals surface area contributed by atoms with E-state index in [4.69, 9.17) is 5.73 Å². The van der Waals surface area contributed by atoms with E-state index >= 15 is 0 Å². The average Bonchev–Trinajstić information content (AvgIpc) is 2.40. The number of nitrogens with two attached hydrogens (primary N) is 1. The summed E-state index contributed by atoms with van der Waals surface area (Å²) >= 11 is 0. The van der Waals surface area contributed by atoms with Crippen molar-refractivity contribution in [2.24, 2.45) is 0 Å². The number of nitrogens with one attached hydrogen (secondary N) is 1. The molecule has 0 radical (unpaired) electrons. The highest BCUT2D eigenvalue weighted by Crippen LogP contribution is 2.24. The van der Waals surface area contributed by atoms with E-state index in [1.807, 2.05) is 6.92 Å². The van der Waals surface area contributed by atoms with Gasteiger partial charge in [0.15, 0.2) is 17.5 Å². The Morgan fingerprint density at radius 1 is 1.15 bits per heavy atom. The number of benzene rings is 1. The number of anilines is 3. The molecule has 0 aliphatic carbocycles. The Hall–Kier alpha value is -2.31. The molecule has 0 amide bonds. The van der Waals surface area contributed by atoms with Crippen LogP contribution in [0.3, 0.4) is 0 Å². The molecule has 20 heavy (non-hydrogen) atoms. The predicted molar refractivity (Wildman–Crippen MR) is 70.2 cm³/mol. The molecule has 0 bridgehead atoms. The summed E-state index contributed by atoms with van der Waals surface area (Å²) in [6.45, 7) is 3.53. The van der Waals surface area contributed by atoms with Crippen LogP contribution in [0.25, 0.3) is 0 Å². The highest BCUT2D eigenvalue weighted by Gasteiger charge is 2.13. The maximum absolute atomic E-state index is 13.2. The predicted octanol–water partition coefficient (Wildman–Crippen LogP) is 3.09. The third-order valence-electron chi connectivity index (χ3n) is 2.79. The maximum atomic E-state index is 13.2. The van der Waals surface area contributed by atoms with Gasteiger partial charge in [-0.1, -0.05) is 6.92 Å². The summed E-state index contributed by atoms with van der Waals surface area (Å²) in [5.74, 6) is -2.95. The van der Waals surface area contributed by atoms with Gasteiger partial charge in [-0.2, -0.15) is 0 Å². The average molecular weight is 282 g/mol. The lowest BCUT2D eigenvalue weighted by atomic mass is 10.2. The van der Waals surface area contributed by atoms with Crippen molar-refractivity contribution in [1.82, 2.24) is 9.97 Å². The molecule has 106 valence electrons. The summed E-state index contributed by atoms with van der Waals surface area (Å²) in [6.07, 6.45) is 0.561. The molecule has 0 saturated heterocycles. The van der Waals surface area contributed by atoms with E-state index in [9.17, 15) is 13.2 Å². The van der Waals surface area contributed by atoms with Crippen molar-refractivity contribution < 1.29 is 13.2 Å². The minimum absolute atomic E-state index is 0.0460. The number of aromatic nitrogens is 2. The molecule has 0 aliphatic heterocycles. The maximum Gasteiger partial charge on any atom is 0.194 e. The van der Waals surface area contributed by atoms with Gasteiger partial charge in [0.25, 0.3) is 0 Å². The van der Waals surface area contributed by atoms with Crippen LogP contribution in [0.15, 0.2) is 12.1 Å². The smallest absolute Gasteiger partial charge is 0.194 e. The third kappa shape index (κ3) is 2.66. The topological polar surface area (TPSA) is 63.8 Å². The molecule has 1 aromatic carbocycles. The van der Waals surface area contributed by atoms with Crippen molar-refractivity contribution in [3.63, 3.8) is 0 Å². The Bertz CT molecular complexity index is 635. The van der Waals surface area contributed by atoms with Crippen molar-refractivity contribution in [2.75, 3.05) is 11.1 Å². The van der Waals surface area contributed by atoms with Crippen LogP contribution in [0, 0.1) is 24.4 Å². The van der Waals surface area contributed by atoms with Gasteiger partial charge in [-0.25, -0.2) is 23.1 Å². The van der Waals surface area contributed by atoms with Gasteiger partial charge in [0.05, 0.1) is 0 Å². The fourth-order valence-electron chi connectivity index (χ4n) is 1.63. The molecular formula is C13H13F3N4. The van der Waals surface area contributed by atoms with Gasteiger partial charge >= 0.3 is 0 Å². The van der Waals surface area contributed by atoms with E-state index in [2.05, 4.69) is 15.3 Å². The molecule has 0 fully saturated rings. The molecule has 0 saturated carbocycles. The Labute approximate surface area is 113 Å². The second kappa shape index (κ2) is 5.36. The van der Waals surface area contributed by atoms with Gasteiger partial charge in [0.2, 0.25) is 0 Å². The van der Waals surface area contributed by atoms with E-state index in [1.54, 1.807) is 6.92 Å². The lowest BCUT2D eigenvalue weighted by Crippen LogP contribution is -2.07. The van der Waals surface area contributed by atoms with Crippen molar-refractivity contribution in [2.45, 2.75) is 20.3 Å². The number of rotatable bonds is 3. The molecule has 3 N–H and O–H groups in total. The summed E-state index contributed by atoms with van der Waals surface area (Å²) in [4.78, 5) is 8.25. The molecule has 0 aliphatic rings. The first-order chi connectivity index (χ1) is 9.42. The quantitative estimate of drug-likeness (QED) is 0.849. The molecule has 1 heterocycles. The number of aryl methyl sites for hydroxylation is 1. The van der Waals surface area contributed by atoms with Gasteiger partial charge in [-0.3, -0.25) is 0 Å². The number of hydrogen-bond acceptors (Lipinski definition) is 4. The minimum Gasteiger partial charge on any atom is -0.383 e. The molecular weight excluding hydrogens is 269 g/mol. The van der Waals surface area contributed by atoms with Crippen molar-refractivity contribution in [3.05, 3.63) is 41.0 Å². The van der Waals surface area contributed by atoms with E-state index in [1.165, 1.54) is 0 Å². The zero-order valence-corrected chi connectivity index (χ0v) is 11.0. The van der Waals surface area contributed by atoms with Crippen LogP contribution in [0.1, 0.15) is 18.3 Å². The molecule has 2 aromatic rings. The fraction of sp³-hybridized carbons (Fsp3) is 0.231. The van der Waals surface area contributed by atoms with Gasteiger partial charge in [0.1, 0.15) is 17.5 Å². The van der Waals surface area contributed by atoms with E-state index in [0.29, 0.717) is 23.6 Å². The highest BCUT2D eigenvalue weighted by atomic mass is 19.2. The third-order valence-corrected chi connectivity index (χ3v) is 2.79. The summed E-state index contributed by atoms with van der Waals surface area (Å²) < 4.78 is 39.2. The molecule has 0 spiro atoms. The molecule has 1 aromatic heterocycles. The second-order valence-electron chi connectivity index (χ2n) is 4.23. The Morgan fingerprint density at radius 2 is 1.75 bits per heavy atom. The molecule has 7 heteroatoms. The molecule has 0 unspecified atom stereocenters. The van der Waals surface area contributed by atoms with Crippen LogP contribution in [-0.4, -0.2) is 9.97 Å². The number of halogens is 3. The largest absolute Gasteiger partial charge is 0.383 e. The Morgan fingerprint density at radius 3 is 2.30 bits per heavy atom. The van der Waals surface area contributed by atoms with Gasteiger partial charge in [-0.05, 0) is 6.92 Å². The van der Waals surface area contributed by atoms with Crippen LogP contribution in [0.2, 0.25) is 0 Å². The first kappa shape index (κ1) is 14.1. The lowest BCUT2D eigenvalue weighted by molar-refractivity contribution is 0.448. The fourth-order valence-corrected chi connectivity index (χ4v) is 1.63. The van der Waals surface area contributed by atoms with Crippen LogP contribution in [-0.2, 0) is 6.42 Å². The van der Waals surface area contributed by atoms with Crippen molar-refractivity contribution in [1.29, 1.82) is 0 Å². The monoisotopic (exact) mass is 282 g/mol. The van der Waals surface area contributed by atoms with Crippen molar-refractivity contribution in [3.8, 4) is 0 Å². The lowest BCUT2D eigenvalue weighted by Gasteiger charge is -2.12. The SMILES string of the molecule is CCc1nc(N)c(C)c(Nc2cc(F)c(F)c(F)c2)n1. The standard InChI is InChI=1S/C13H13F3N4/c1-3-10-19-12(17)6(2)13(20-10)18-7-4-8(14)11(16)9(15)5-7/h4-5H,3H2,1-2H3,(H3,17,18,19,20). The van der Waals surface area contributed by atoms with Gasteiger partial charge < -0.3 is 11.1 Å². The molecule has 4 nitrogen and oxygen atoms in total. The summed E-state index contributed by atoms with van der Waals surface area (Å²) in [7, 11) is 0. The first-order valence-electron chi connectivity index (χ1n) is 5.97. The number of nitrogens with zero attached hydrogens (tertiary/aromatic N) is 2. The number of hydrogen-bond donors (Lipinski definition) is 2. The first-order valence-corrected chi connectivity index (χ1v) is 5.97. The summed E-state index contributed by atoms with van der Waals surface area (Å²) in [6, 6.07) is 1.70. The summed E-state index contributed by atoms with van der Waals surface area (Å²) in [5.41, 5.74) is 6.33. The zero-order valence-electron chi connectivity index (χ0n) is 11.0. The van der Waals surface area contributed by atoms with Crippen LogP contribution >= 0.6 is 0 Å². The van der Waals surface area contributed by atoms with E-state index in [-0.39, 0.29) is 11.5 Å². The molecule has 2 rings (SSSR count). The summed E-state index contributed by atoms with van der Waals surface area (Å²) in [5, 5.41) is 2.72.